The molecule has 1 atom stereocenters. The summed E-state index contributed by atoms with van der Waals surface area (Å²) in [6.07, 6.45) is 21.1. The first-order valence-electron chi connectivity index (χ1n) is 50.2. The molecule has 15 nitrogen and oxygen atoms in total. The van der Waals surface area contributed by atoms with Gasteiger partial charge >= 0.3 is 60.3 Å². The molecule has 0 aliphatic carbocycles. The number of hydrogen-bond acceptors (Lipinski definition) is 12. The van der Waals surface area contributed by atoms with Crippen LogP contribution >= 0.6 is 0 Å². The van der Waals surface area contributed by atoms with Gasteiger partial charge in [0, 0.05) is 127 Å². The zero-order valence-electron chi connectivity index (χ0n) is 89.6. The van der Waals surface area contributed by atoms with Gasteiger partial charge in [0.05, 0.1) is 17.5 Å². The third-order valence-corrected chi connectivity index (χ3v) is 21.5. The molecule has 654 valence electrons. The molecule has 0 N–H and O–H groups in total. The van der Waals surface area contributed by atoms with E-state index in [2.05, 4.69) is 189 Å². The Morgan fingerprint density at radius 1 is 0.326 bits per heavy atom. The van der Waals surface area contributed by atoms with E-state index in [4.69, 9.17) is 33.8 Å². The van der Waals surface area contributed by atoms with Crippen molar-refractivity contribution in [2.24, 2.45) is 0 Å². The second kappa shape index (κ2) is 42.7. The van der Waals surface area contributed by atoms with Crippen molar-refractivity contribution in [3.63, 3.8) is 0 Å². The number of hydrogen-bond donors (Lipinski definition) is 0. The molecule has 18 aromatic rings. The van der Waals surface area contributed by atoms with E-state index in [1.165, 1.54) is 114 Å². The summed E-state index contributed by atoms with van der Waals surface area (Å²) in [4.78, 5) is 23.6. The Morgan fingerprint density at radius 2 is 0.628 bits per heavy atom. The molecule has 6 aromatic heterocycles. The molecule has 0 bridgehead atoms. The van der Waals surface area contributed by atoms with Crippen molar-refractivity contribution in [3.8, 4) is 51.2 Å². The van der Waals surface area contributed by atoms with E-state index in [1.54, 1.807) is 82.9 Å². The van der Waals surface area contributed by atoms with Crippen LogP contribution in [0.25, 0.3) is 117 Å². The van der Waals surface area contributed by atoms with Crippen molar-refractivity contribution in [1.29, 1.82) is 0 Å². The van der Waals surface area contributed by atoms with Gasteiger partial charge in [-0.1, -0.05) is 137 Å². The molecule has 0 amide bonds. The molecule has 18 heteroatoms. The van der Waals surface area contributed by atoms with E-state index in [-0.39, 0.29) is 100 Å². The van der Waals surface area contributed by atoms with Gasteiger partial charge < -0.3 is 56.4 Å². The van der Waals surface area contributed by atoms with Crippen LogP contribution in [0.4, 0.5) is 17.1 Å². The minimum atomic E-state index is -3.41. The number of aromatic nitrogens is 6. The summed E-state index contributed by atoms with van der Waals surface area (Å²) in [6, 6.07) is 93.5. The summed E-state index contributed by atoms with van der Waals surface area (Å²) in [5, 5.41) is 5.35. The quantitative estimate of drug-likeness (QED) is 0.0911. The molecular formula is C111H105Ir3N12O3. The summed E-state index contributed by atoms with van der Waals surface area (Å²) in [5.74, 6) is -2.46. The van der Waals surface area contributed by atoms with E-state index in [1.807, 2.05) is 158 Å². The molecule has 0 fully saturated rings. The first kappa shape index (κ1) is 73.5. The number of furan rings is 3. The molecule has 1 unspecified atom stereocenters. The number of imidazole rings is 3. The van der Waals surface area contributed by atoms with Gasteiger partial charge in [0.15, 0.2) is 0 Å². The van der Waals surface area contributed by atoms with Crippen molar-refractivity contribution in [2.75, 3.05) is 35.7 Å². The van der Waals surface area contributed by atoms with Crippen LogP contribution < -0.4 is 14.7 Å². The number of anilines is 3. The Bertz CT molecular complexity index is 7270. The van der Waals surface area contributed by atoms with Crippen molar-refractivity contribution in [3.05, 3.63) is 401 Å². The van der Waals surface area contributed by atoms with Crippen molar-refractivity contribution in [2.45, 2.75) is 118 Å². The molecule has 0 radical (unpaired) electrons. The van der Waals surface area contributed by atoms with Crippen LogP contribution in [0.1, 0.15) is 175 Å². The monoisotopic (exact) mass is 2250 g/mol. The number of nitrogens with zero attached hydrogens (tertiary/aromatic N) is 12. The zero-order chi connectivity index (χ0) is 102. The molecule has 129 heavy (non-hydrogen) atoms. The van der Waals surface area contributed by atoms with Crippen LogP contribution in [0.5, 0.6) is 0 Å². The van der Waals surface area contributed by atoms with E-state index >= 15 is 0 Å². The molecule has 0 spiro atoms. The molecule has 3 aliphatic rings. The van der Waals surface area contributed by atoms with Gasteiger partial charge in [-0.15, -0.1) is 125 Å². The van der Waals surface area contributed by atoms with Gasteiger partial charge in [-0.05, 0) is 147 Å². The van der Waals surface area contributed by atoms with Crippen LogP contribution in [0.3, 0.4) is 0 Å². The number of para-hydroxylation sites is 6. The Balaban J connectivity index is 0.000000153. The van der Waals surface area contributed by atoms with Crippen LogP contribution in [0, 0.1) is 56.4 Å². The molecule has 0 saturated carbocycles. The average Bonchev–Trinajstić information content (AvgIpc) is 1.40. The predicted octanol–water partition coefficient (Wildman–Crippen LogP) is 27.9. The first-order valence-corrected chi connectivity index (χ1v) is 41.7. The summed E-state index contributed by atoms with van der Waals surface area (Å²) in [7, 11) is 2.00. The number of fused-ring (bicyclic) bond motifs is 9. The normalized spacial score (nSPS) is 15.7. The Kier molecular flexibility index (Phi) is 24.3. The van der Waals surface area contributed by atoms with Gasteiger partial charge in [-0.25, -0.2) is 0 Å². The third kappa shape index (κ3) is 20.5. The standard InChI is InChI=1S/3C27H25N2O.3C10H10N2.3Ir/c3*1-17(2)21-16-22-20-12-8-9-13-23(20)30-26(22)24(18(3)4)25(21)29-15-14-28-27(29)19-10-6-5-7-11-19;3*1-11-7-8-12(9-11)10-5-3-2-4-6-10;;;/h3*5-10,12-18H,1-4H3;3*2-5,7-9H,1H3;;;/q3*-1;3*-2;3*+3/i1D3,2D3,3D3,17D,18D;;;2*1D3;;;;. The average molecular weight is 2250 g/mol. The van der Waals surface area contributed by atoms with Gasteiger partial charge in [-0.2, -0.15) is 111 Å². The van der Waals surface area contributed by atoms with Gasteiger partial charge in [0.25, 0.3) is 0 Å². The SMILES string of the molecule is CC(C)c1cc2c(oc3ccccc32)c(C(C)C)c1-n1ccnc1-c1[c-]cccc1.CC(C)c1cc2c(oc3ccccc32)c(C(C)C)c1-n1ccnc1-c1[c-]cccc1.CN1C=CN(c2[c-]cccc2)[CH-]1.[2H]C([2H])([2H])C([2H])(C)c1c(-n2ccnc2-c2[c-]cccc2)c(C([2H])(C([2H])([2H])[2H])C([2H])([2H])[2H])cc2c1oc1ccccc12.[2H]C([2H])([2H])N1C=CN(c2[c-]cccc2)[CH-]1.[2H]C([2H])([2H])N1C=CN(c2[c-]cccc2)[CH-]1.[Ir+3].[Ir+3].[Ir+3]. The van der Waals surface area contributed by atoms with Crippen LogP contribution in [-0.4, -0.2) is 64.4 Å². The summed E-state index contributed by atoms with van der Waals surface area (Å²) >= 11 is 0. The number of benzene rings is 12. The van der Waals surface area contributed by atoms with E-state index in [0.29, 0.717) is 28.4 Å². The topological polar surface area (TPSA) is 112 Å². The maximum atomic E-state index is 9.20. The molecular weight excluding hydrogens is 2130 g/mol. The van der Waals surface area contributed by atoms with Gasteiger partial charge in [0.2, 0.25) is 0 Å². The smallest absolute Gasteiger partial charge is 0.510 e. The Labute approximate surface area is 823 Å². The minimum absolute atomic E-state index is 0. The summed E-state index contributed by atoms with van der Waals surface area (Å²) in [5.41, 5.74) is 15.5. The van der Waals surface area contributed by atoms with E-state index < -0.39 is 51.9 Å². The molecule has 0 saturated heterocycles. The maximum Gasteiger partial charge on any atom is 3.00 e. The Morgan fingerprint density at radius 3 is 0.922 bits per heavy atom. The van der Waals surface area contributed by atoms with E-state index in [0.717, 1.165) is 69.1 Å². The van der Waals surface area contributed by atoms with Crippen LogP contribution in [0.15, 0.2) is 324 Å². The maximum absolute atomic E-state index is 9.20. The fourth-order valence-corrected chi connectivity index (χ4v) is 15.8. The molecule has 12 aromatic carbocycles. The van der Waals surface area contributed by atoms with E-state index in [9.17, 15) is 2.74 Å². The largest absolute Gasteiger partial charge is 3.00 e. The predicted molar refractivity (Wildman–Crippen MR) is 517 cm³/mol. The summed E-state index contributed by atoms with van der Waals surface area (Å²) < 4.78 is 161. The van der Waals surface area contributed by atoms with Crippen LogP contribution in [-0.2, 0) is 60.3 Å². The molecule has 9 heterocycles. The molecule has 3 aliphatic heterocycles. The summed E-state index contributed by atoms with van der Waals surface area (Å²) in [6.45, 7) is 10.1. The zero-order valence-corrected chi connectivity index (χ0v) is 79.8. The van der Waals surface area contributed by atoms with Crippen molar-refractivity contribution < 1.29 is 96.9 Å². The fourth-order valence-electron chi connectivity index (χ4n) is 15.8. The minimum Gasteiger partial charge on any atom is -0.510 e. The van der Waals surface area contributed by atoms with Crippen molar-refractivity contribution >= 4 is 82.9 Å². The first-order chi connectivity index (χ1) is 68.0. The second-order valence-corrected chi connectivity index (χ2v) is 31.5. The van der Waals surface area contributed by atoms with Gasteiger partial charge in [0.1, 0.15) is 33.5 Å². The second-order valence-electron chi connectivity index (χ2n) is 31.5. The molecule has 21 rings (SSSR count). The van der Waals surface area contributed by atoms with Crippen molar-refractivity contribution in [1.82, 2.24) is 43.4 Å². The Hall–Kier alpha value is -12.4. The van der Waals surface area contributed by atoms with Gasteiger partial charge in [-0.3, -0.25) is 15.0 Å². The van der Waals surface area contributed by atoms with Crippen LogP contribution in [0.2, 0.25) is 0 Å². The third-order valence-electron chi connectivity index (χ3n) is 21.5. The fraction of sp³-hybridized carbons (Fsp3) is 0.189. The number of rotatable bonds is 15.